The Kier molecular flexibility index (Phi) is 5.34. The van der Waals surface area contributed by atoms with Gasteiger partial charge in [-0.15, -0.1) is 0 Å². The number of morpholine rings is 1. The predicted molar refractivity (Wildman–Crippen MR) is 102 cm³/mol. The molecule has 1 N–H and O–H groups in total. The molecule has 2 heterocycles. The lowest BCUT2D eigenvalue weighted by molar-refractivity contribution is 0.0303. The molecule has 0 spiro atoms. The molecular formula is C21H26N2O4. The van der Waals surface area contributed by atoms with Gasteiger partial charge in [0.25, 0.3) is 5.91 Å². The number of nitrogens with zero attached hydrogens (tertiary/aromatic N) is 1. The first-order chi connectivity index (χ1) is 13.3. The molecule has 2 aliphatic rings. The summed E-state index contributed by atoms with van der Waals surface area (Å²) in [5.74, 6) is 1.50. The van der Waals surface area contributed by atoms with E-state index in [4.69, 9.17) is 14.2 Å². The number of rotatable bonds is 5. The standard InChI is InChI=1S/C21H26N2O4/c1-25-19-7-6-15(12-20(19)27-16-4-2-3-5-16)17-13-22-14-18(17)21(24)23-8-10-26-11-9-23/h6-7,12-14,16,22H,2-5,8-11H2,1H3. The summed E-state index contributed by atoms with van der Waals surface area (Å²) in [4.78, 5) is 17.9. The van der Waals surface area contributed by atoms with E-state index in [1.165, 1.54) is 12.8 Å². The molecule has 2 aromatic rings. The summed E-state index contributed by atoms with van der Waals surface area (Å²) in [5, 5.41) is 0. The second kappa shape index (κ2) is 8.05. The average molecular weight is 370 g/mol. The predicted octanol–water partition coefficient (Wildman–Crippen LogP) is 3.48. The Balaban J connectivity index is 1.61. The maximum Gasteiger partial charge on any atom is 0.256 e. The molecule has 6 nitrogen and oxygen atoms in total. The number of aromatic amines is 1. The van der Waals surface area contributed by atoms with Crippen LogP contribution in [0.4, 0.5) is 0 Å². The van der Waals surface area contributed by atoms with E-state index >= 15 is 0 Å². The summed E-state index contributed by atoms with van der Waals surface area (Å²) in [7, 11) is 1.65. The van der Waals surface area contributed by atoms with Crippen LogP contribution >= 0.6 is 0 Å². The number of amides is 1. The van der Waals surface area contributed by atoms with Crippen molar-refractivity contribution in [2.45, 2.75) is 31.8 Å². The van der Waals surface area contributed by atoms with Gasteiger partial charge in [0.05, 0.1) is 32.0 Å². The highest BCUT2D eigenvalue weighted by Crippen LogP contribution is 2.36. The lowest BCUT2D eigenvalue weighted by Crippen LogP contribution is -2.40. The smallest absolute Gasteiger partial charge is 0.256 e. The van der Waals surface area contributed by atoms with Gasteiger partial charge in [-0.1, -0.05) is 6.07 Å². The number of hydrogen-bond donors (Lipinski definition) is 1. The molecule has 1 aromatic carbocycles. The lowest BCUT2D eigenvalue weighted by Gasteiger charge is -2.27. The second-order valence-corrected chi connectivity index (χ2v) is 7.08. The van der Waals surface area contributed by atoms with Gasteiger partial charge in [0, 0.05) is 31.0 Å². The Morgan fingerprint density at radius 3 is 2.67 bits per heavy atom. The highest BCUT2D eigenvalue weighted by atomic mass is 16.5. The van der Waals surface area contributed by atoms with E-state index in [9.17, 15) is 4.79 Å². The highest BCUT2D eigenvalue weighted by Gasteiger charge is 2.23. The van der Waals surface area contributed by atoms with E-state index in [1.807, 2.05) is 29.3 Å². The van der Waals surface area contributed by atoms with Crippen molar-refractivity contribution in [1.82, 2.24) is 9.88 Å². The van der Waals surface area contributed by atoms with E-state index in [0.717, 1.165) is 35.5 Å². The van der Waals surface area contributed by atoms with Gasteiger partial charge in [0.15, 0.2) is 11.5 Å². The molecule has 1 aliphatic heterocycles. The van der Waals surface area contributed by atoms with Gasteiger partial charge in [-0.25, -0.2) is 0 Å². The monoisotopic (exact) mass is 370 g/mol. The van der Waals surface area contributed by atoms with Gasteiger partial charge in [-0.05, 0) is 43.4 Å². The minimum Gasteiger partial charge on any atom is -0.493 e. The summed E-state index contributed by atoms with van der Waals surface area (Å²) >= 11 is 0. The van der Waals surface area contributed by atoms with E-state index < -0.39 is 0 Å². The SMILES string of the molecule is COc1ccc(-c2c[nH]cc2C(=O)N2CCOCC2)cc1OC1CCCC1. The van der Waals surface area contributed by atoms with Crippen molar-refractivity contribution in [2.75, 3.05) is 33.4 Å². The van der Waals surface area contributed by atoms with Crippen molar-refractivity contribution >= 4 is 5.91 Å². The molecule has 4 rings (SSSR count). The van der Waals surface area contributed by atoms with Crippen LogP contribution in [0.2, 0.25) is 0 Å². The fourth-order valence-corrected chi connectivity index (χ4v) is 3.84. The van der Waals surface area contributed by atoms with Gasteiger partial charge >= 0.3 is 0 Å². The zero-order chi connectivity index (χ0) is 18.6. The minimum atomic E-state index is 0.0311. The Labute approximate surface area is 159 Å². The first kappa shape index (κ1) is 17.9. The molecule has 1 aromatic heterocycles. The van der Waals surface area contributed by atoms with Crippen LogP contribution in [0.25, 0.3) is 11.1 Å². The number of carbonyl (C=O) groups excluding carboxylic acids is 1. The number of aromatic nitrogens is 1. The molecule has 1 saturated heterocycles. The van der Waals surface area contributed by atoms with E-state index in [-0.39, 0.29) is 12.0 Å². The molecule has 6 heteroatoms. The van der Waals surface area contributed by atoms with Crippen molar-refractivity contribution in [2.24, 2.45) is 0 Å². The van der Waals surface area contributed by atoms with Gasteiger partial charge in [-0.3, -0.25) is 4.79 Å². The number of hydrogen-bond acceptors (Lipinski definition) is 4. The van der Waals surface area contributed by atoms with Gasteiger partial charge in [0.2, 0.25) is 0 Å². The quantitative estimate of drug-likeness (QED) is 0.875. The molecule has 0 bridgehead atoms. The maximum atomic E-state index is 12.9. The first-order valence-electron chi connectivity index (χ1n) is 9.65. The van der Waals surface area contributed by atoms with Crippen LogP contribution in [-0.2, 0) is 4.74 Å². The zero-order valence-electron chi connectivity index (χ0n) is 15.7. The molecule has 0 unspecified atom stereocenters. The Morgan fingerprint density at radius 1 is 1.15 bits per heavy atom. The summed E-state index contributed by atoms with van der Waals surface area (Å²) in [5.41, 5.74) is 2.50. The van der Waals surface area contributed by atoms with Crippen LogP contribution in [0, 0.1) is 0 Å². The average Bonchev–Trinajstić information content (AvgIpc) is 3.40. The van der Waals surface area contributed by atoms with Crippen LogP contribution < -0.4 is 9.47 Å². The largest absolute Gasteiger partial charge is 0.493 e. The van der Waals surface area contributed by atoms with Crippen molar-refractivity contribution in [3.8, 4) is 22.6 Å². The Hall–Kier alpha value is -2.47. The third-order valence-electron chi connectivity index (χ3n) is 5.34. The summed E-state index contributed by atoms with van der Waals surface area (Å²) < 4.78 is 17.0. The van der Waals surface area contributed by atoms with Crippen LogP contribution in [0.5, 0.6) is 11.5 Å². The molecule has 0 atom stereocenters. The van der Waals surface area contributed by atoms with Gasteiger partial charge in [-0.2, -0.15) is 0 Å². The van der Waals surface area contributed by atoms with E-state index in [1.54, 1.807) is 13.3 Å². The second-order valence-electron chi connectivity index (χ2n) is 7.08. The number of nitrogens with one attached hydrogen (secondary N) is 1. The molecular weight excluding hydrogens is 344 g/mol. The topological polar surface area (TPSA) is 63.8 Å². The highest BCUT2D eigenvalue weighted by molar-refractivity contribution is 6.01. The van der Waals surface area contributed by atoms with Crippen molar-refractivity contribution < 1.29 is 19.0 Å². The van der Waals surface area contributed by atoms with Crippen molar-refractivity contribution in [3.63, 3.8) is 0 Å². The number of carbonyl (C=O) groups is 1. The minimum absolute atomic E-state index is 0.0311. The number of ether oxygens (including phenoxy) is 3. The third-order valence-corrected chi connectivity index (χ3v) is 5.34. The van der Waals surface area contributed by atoms with Crippen LogP contribution in [0.1, 0.15) is 36.0 Å². The summed E-state index contributed by atoms with van der Waals surface area (Å²) in [6, 6.07) is 5.87. The summed E-state index contributed by atoms with van der Waals surface area (Å²) in [6.45, 7) is 2.44. The fraction of sp³-hybridized carbons (Fsp3) is 0.476. The number of methoxy groups -OCH3 is 1. The first-order valence-corrected chi connectivity index (χ1v) is 9.65. The molecule has 1 amide bonds. The van der Waals surface area contributed by atoms with Crippen molar-refractivity contribution in [1.29, 1.82) is 0 Å². The number of H-pyrrole nitrogens is 1. The molecule has 144 valence electrons. The molecule has 1 aliphatic carbocycles. The normalized spacial score (nSPS) is 17.9. The summed E-state index contributed by atoms with van der Waals surface area (Å²) in [6.07, 6.45) is 8.47. The molecule has 2 fully saturated rings. The van der Waals surface area contributed by atoms with E-state index in [2.05, 4.69) is 4.98 Å². The number of benzene rings is 1. The molecule has 27 heavy (non-hydrogen) atoms. The molecule has 0 radical (unpaired) electrons. The fourth-order valence-electron chi connectivity index (χ4n) is 3.84. The van der Waals surface area contributed by atoms with Crippen LogP contribution in [0.15, 0.2) is 30.6 Å². The zero-order valence-corrected chi connectivity index (χ0v) is 15.7. The van der Waals surface area contributed by atoms with Gasteiger partial charge in [0.1, 0.15) is 0 Å². The van der Waals surface area contributed by atoms with Gasteiger partial charge < -0.3 is 24.1 Å². The maximum absolute atomic E-state index is 12.9. The van der Waals surface area contributed by atoms with Crippen molar-refractivity contribution in [3.05, 3.63) is 36.2 Å². The molecule has 1 saturated carbocycles. The Morgan fingerprint density at radius 2 is 1.93 bits per heavy atom. The third kappa shape index (κ3) is 3.81. The van der Waals surface area contributed by atoms with Crippen LogP contribution in [-0.4, -0.2) is 55.3 Å². The van der Waals surface area contributed by atoms with E-state index in [0.29, 0.717) is 31.9 Å². The van der Waals surface area contributed by atoms with Crippen LogP contribution in [0.3, 0.4) is 0 Å². The lowest BCUT2D eigenvalue weighted by atomic mass is 10.0. The Bertz CT molecular complexity index is 789.